The number of hydrogen-bond donors (Lipinski definition) is 1. The van der Waals surface area contributed by atoms with Crippen molar-refractivity contribution in [3.05, 3.63) is 28.8 Å². The second-order valence-corrected chi connectivity index (χ2v) is 3.55. The van der Waals surface area contributed by atoms with Crippen LogP contribution in [0.1, 0.15) is 16.7 Å². The third-order valence-corrected chi connectivity index (χ3v) is 2.42. The smallest absolute Gasteiger partial charge is 0.387 e. The molecule has 0 unspecified atom stereocenters. The molecule has 4 nitrogen and oxygen atoms in total. The Morgan fingerprint density at radius 3 is 2.56 bits per heavy atom. The first-order valence-corrected chi connectivity index (χ1v) is 5.30. The van der Waals surface area contributed by atoms with E-state index in [1.54, 1.807) is 6.07 Å². The zero-order chi connectivity index (χ0) is 13.7. The maximum absolute atomic E-state index is 12.3. The molecule has 0 bridgehead atoms. The summed E-state index contributed by atoms with van der Waals surface area (Å²) in [6.45, 7) is -3.11. The Morgan fingerprint density at radius 1 is 1.50 bits per heavy atom. The van der Waals surface area contributed by atoms with E-state index in [0.717, 1.165) is 0 Å². The van der Waals surface area contributed by atoms with Gasteiger partial charge in [0, 0.05) is 5.56 Å². The summed E-state index contributed by atoms with van der Waals surface area (Å²) in [7, 11) is 0. The molecule has 0 spiro atoms. The Kier molecular flexibility index (Phi) is 4.86. The van der Waals surface area contributed by atoms with Crippen molar-refractivity contribution in [2.24, 2.45) is 0 Å². The van der Waals surface area contributed by atoms with E-state index in [0.29, 0.717) is 0 Å². The van der Waals surface area contributed by atoms with E-state index in [1.165, 1.54) is 12.1 Å². The molecule has 0 atom stereocenters. The van der Waals surface area contributed by atoms with Crippen LogP contribution in [0.25, 0.3) is 0 Å². The lowest BCUT2D eigenvalue weighted by atomic mass is 10.0. The standard InChI is InChI=1S/C11H8ClF2NO3/c12-4-7-2-1-6(3-9(16)17)8(5-15)10(7)18-11(13)14/h1-2,11H,3-4H2,(H,16,17). The molecule has 1 aromatic carbocycles. The summed E-state index contributed by atoms with van der Waals surface area (Å²) in [6.07, 6.45) is -0.453. The molecule has 0 amide bonds. The average Bonchev–Trinajstić information content (AvgIpc) is 2.28. The Labute approximate surface area is 106 Å². The zero-order valence-electron chi connectivity index (χ0n) is 8.99. The zero-order valence-corrected chi connectivity index (χ0v) is 9.75. The van der Waals surface area contributed by atoms with Gasteiger partial charge < -0.3 is 9.84 Å². The first-order chi connectivity index (χ1) is 8.49. The number of hydrogen-bond acceptors (Lipinski definition) is 3. The van der Waals surface area contributed by atoms with Crippen LogP contribution in [0.15, 0.2) is 12.1 Å². The molecule has 1 aromatic rings. The summed E-state index contributed by atoms with van der Waals surface area (Å²) in [5.74, 6) is -1.65. The summed E-state index contributed by atoms with van der Waals surface area (Å²) in [6, 6.07) is 4.40. The quantitative estimate of drug-likeness (QED) is 0.838. The van der Waals surface area contributed by atoms with E-state index in [4.69, 9.17) is 22.0 Å². The molecule has 7 heteroatoms. The molecule has 0 aliphatic rings. The topological polar surface area (TPSA) is 70.3 Å². The summed E-state index contributed by atoms with van der Waals surface area (Å²) in [4.78, 5) is 10.6. The molecule has 0 heterocycles. The Balaban J connectivity index is 3.33. The molecule has 0 aliphatic carbocycles. The highest BCUT2D eigenvalue weighted by molar-refractivity contribution is 6.17. The summed E-state index contributed by atoms with van der Waals surface area (Å²) >= 11 is 5.55. The SMILES string of the molecule is N#Cc1c(CC(=O)O)ccc(CCl)c1OC(F)F. The number of nitriles is 1. The van der Waals surface area contributed by atoms with Crippen molar-refractivity contribution >= 4 is 17.6 Å². The number of alkyl halides is 3. The number of carboxylic acids is 1. The van der Waals surface area contributed by atoms with E-state index in [2.05, 4.69) is 4.74 Å². The van der Waals surface area contributed by atoms with Gasteiger partial charge in [0.25, 0.3) is 0 Å². The lowest BCUT2D eigenvalue weighted by molar-refractivity contribution is -0.136. The third kappa shape index (κ3) is 3.31. The Hall–Kier alpha value is -1.87. The summed E-state index contributed by atoms with van der Waals surface area (Å²) in [5.41, 5.74) is 0.0908. The largest absolute Gasteiger partial charge is 0.481 e. The summed E-state index contributed by atoms with van der Waals surface area (Å²) < 4.78 is 28.8. The molecule has 0 aliphatic heterocycles. The van der Waals surface area contributed by atoms with Gasteiger partial charge in [-0.15, -0.1) is 11.6 Å². The van der Waals surface area contributed by atoms with E-state index in [-0.39, 0.29) is 28.3 Å². The van der Waals surface area contributed by atoms with Crippen molar-refractivity contribution in [1.82, 2.24) is 0 Å². The molecular weight excluding hydrogens is 268 g/mol. The van der Waals surface area contributed by atoms with Gasteiger partial charge in [0.2, 0.25) is 0 Å². The minimum atomic E-state index is -3.11. The minimum absolute atomic E-state index is 0.106. The third-order valence-electron chi connectivity index (χ3n) is 2.13. The minimum Gasteiger partial charge on any atom is -0.481 e. The fourth-order valence-electron chi connectivity index (χ4n) is 1.43. The number of aliphatic carboxylic acids is 1. The van der Waals surface area contributed by atoms with E-state index in [1.807, 2.05) is 0 Å². The number of ether oxygens (including phenoxy) is 1. The Bertz CT molecular complexity index is 500. The fourth-order valence-corrected chi connectivity index (χ4v) is 1.64. The van der Waals surface area contributed by atoms with Gasteiger partial charge in [-0.25, -0.2) is 0 Å². The van der Waals surface area contributed by atoms with Crippen molar-refractivity contribution in [2.75, 3.05) is 0 Å². The maximum atomic E-state index is 12.3. The molecule has 0 fully saturated rings. The maximum Gasteiger partial charge on any atom is 0.387 e. The highest BCUT2D eigenvalue weighted by atomic mass is 35.5. The van der Waals surface area contributed by atoms with Crippen LogP contribution in [0.4, 0.5) is 8.78 Å². The number of carboxylic acid groups (broad SMARTS) is 1. The molecule has 0 aromatic heterocycles. The normalized spacial score (nSPS) is 10.2. The fraction of sp³-hybridized carbons (Fsp3) is 0.273. The Morgan fingerprint density at radius 2 is 2.11 bits per heavy atom. The molecule has 1 N–H and O–H groups in total. The first kappa shape index (κ1) is 14.2. The summed E-state index contributed by atoms with van der Waals surface area (Å²) in [5, 5.41) is 17.6. The van der Waals surface area contributed by atoms with Gasteiger partial charge in [0.05, 0.1) is 17.9 Å². The number of halogens is 3. The lowest BCUT2D eigenvalue weighted by Crippen LogP contribution is -2.09. The number of nitrogens with zero attached hydrogens (tertiary/aromatic N) is 1. The van der Waals surface area contributed by atoms with Crippen molar-refractivity contribution in [1.29, 1.82) is 5.26 Å². The second kappa shape index (κ2) is 6.17. The second-order valence-electron chi connectivity index (χ2n) is 3.28. The molecule has 0 saturated heterocycles. The predicted molar refractivity (Wildman–Crippen MR) is 58.7 cm³/mol. The van der Waals surface area contributed by atoms with E-state index in [9.17, 15) is 13.6 Å². The molecule has 0 radical (unpaired) electrons. The van der Waals surface area contributed by atoms with Crippen LogP contribution in [-0.2, 0) is 17.1 Å². The van der Waals surface area contributed by atoms with Crippen LogP contribution in [0.3, 0.4) is 0 Å². The van der Waals surface area contributed by atoms with Gasteiger partial charge >= 0.3 is 12.6 Å². The molecule has 0 saturated carbocycles. The number of carbonyl (C=O) groups is 1. The van der Waals surface area contributed by atoms with Gasteiger partial charge in [0.15, 0.2) is 0 Å². The van der Waals surface area contributed by atoms with Crippen LogP contribution in [0.2, 0.25) is 0 Å². The number of benzene rings is 1. The molecule has 1 rings (SSSR count). The number of rotatable bonds is 5. The van der Waals surface area contributed by atoms with Crippen molar-refractivity contribution in [3.8, 4) is 11.8 Å². The van der Waals surface area contributed by atoms with Gasteiger partial charge in [-0.05, 0) is 5.56 Å². The molecule has 96 valence electrons. The van der Waals surface area contributed by atoms with E-state index >= 15 is 0 Å². The van der Waals surface area contributed by atoms with Crippen LogP contribution in [0.5, 0.6) is 5.75 Å². The van der Waals surface area contributed by atoms with Gasteiger partial charge in [-0.2, -0.15) is 14.0 Å². The molecule has 18 heavy (non-hydrogen) atoms. The van der Waals surface area contributed by atoms with Gasteiger partial charge in [-0.3, -0.25) is 4.79 Å². The lowest BCUT2D eigenvalue weighted by Gasteiger charge is -2.13. The van der Waals surface area contributed by atoms with Gasteiger partial charge in [0.1, 0.15) is 11.8 Å². The highest BCUT2D eigenvalue weighted by Crippen LogP contribution is 2.30. The van der Waals surface area contributed by atoms with Crippen LogP contribution < -0.4 is 4.74 Å². The molecular formula is C11H8ClF2NO3. The van der Waals surface area contributed by atoms with Crippen LogP contribution in [-0.4, -0.2) is 17.7 Å². The van der Waals surface area contributed by atoms with Crippen molar-refractivity contribution in [2.45, 2.75) is 18.9 Å². The first-order valence-electron chi connectivity index (χ1n) is 4.77. The van der Waals surface area contributed by atoms with Crippen LogP contribution >= 0.6 is 11.6 Å². The monoisotopic (exact) mass is 275 g/mol. The predicted octanol–water partition coefficient (Wildman–Crippen LogP) is 2.53. The van der Waals surface area contributed by atoms with Crippen LogP contribution in [0, 0.1) is 11.3 Å². The van der Waals surface area contributed by atoms with Crippen molar-refractivity contribution in [3.63, 3.8) is 0 Å². The van der Waals surface area contributed by atoms with Gasteiger partial charge in [-0.1, -0.05) is 12.1 Å². The highest BCUT2D eigenvalue weighted by Gasteiger charge is 2.19. The van der Waals surface area contributed by atoms with E-state index < -0.39 is 19.0 Å². The van der Waals surface area contributed by atoms with Crippen molar-refractivity contribution < 1.29 is 23.4 Å². The average molecular weight is 276 g/mol.